The zero-order valence-electron chi connectivity index (χ0n) is 13.0. The van der Waals surface area contributed by atoms with Gasteiger partial charge in [-0.15, -0.1) is 0 Å². The zero-order valence-corrected chi connectivity index (χ0v) is 13.7. The summed E-state index contributed by atoms with van der Waals surface area (Å²) in [6.45, 7) is 7.31. The summed E-state index contributed by atoms with van der Waals surface area (Å²) in [6.07, 6.45) is 3.80. The van der Waals surface area contributed by atoms with E-state index in [0.29, 0.717) is 0 Å². The maximum Gasteiger partial charge on any atom is 0.0456 e. The van der Waals surface area contributed by atoms with Crippen molar-refractivity contribution in [2.75, 3.05) is 6.54 Å². The van der Waals surface area contributed by atoms with Gasteiger partial charge in [-0.3, -0.25) is 4.98 Å². The van der Waals surface area contributed by atoms with Crippen molar-refractivity contribution < 1.29 is 0 Å². The lowest BCUT2D eigenvalue weighted by atomic mass is 10.0. The van der Waals surface area contributed by atoms with E-state index in [1.165, 1.54) is 11.1 Å². The smallest absolute Gasteiger partial charge is 0.0456 e. The number of rotatable bonds is 6. The van der Waals surface area contributed by atoms with Crippen LogP contribution in [0.25, 0.3) is 0 Å². The quantitative estimate of drug-likeness (QED) is 0.846. The molecule has 112 valence electrons. The number of halogens is 1. The van der Waals surface area contributed by atoms with Gasteiger partial charge in [-0.25, -0.2) is 0 Å². The Morgan fingerprint density at radius 1 is 1.14 bits per heavy atom. The second-order valence-electron chi connectivity index (χ2n) is 5.32. The van der Waals surface area contributed by atoms with Crippen LogP contribution in [0.3, 0.4) is 0 Å². The minimum Gasteiger partial charge on any atom is -0.310 e. The number of hydrogen-bond donors (Lipinski definition) is 1. The molecule has 1 atom stereocenters. The van der Waals surface area contributed by atoms with Gasteiger partial charge in [-0.2, -0.15) is 0 Å². The van der Waals surface area contributed by atoms with Crippen molar-refractivity contribution in [3.63, 3.8) is 0 Å². The van der Waals surface area contributed by atoms with Crippen molar-refractivity contribution in [2.24, 2.45) is 0 Å². The third kappa shape index (κ3) is 4.29. The molecule has 1 heterocycles. The highest BCUT2D eigenvalue weighted by atomic mass is 35.5. The van der Waals surface area contributed by atoms with E-state index >= 15 is 0 Å². The Hall–Kier alpha value is -1.38. The van der Waals surface area contributed by atoms with Crippen LogP contribution in [0.2, 0.25) is 5.02 Å². The predicted molar refractivity (Wildman–Crippen MR) is 90.0 cm³/mol. The molecule has 0 bridgehead atoms. The average molecular weight is 303 g/mol. The van der Waals surface area contributed by atoms with Crippen molar-refractivity contribution in [3.05, 3.63) is 63.9 Å². The minimum atomic E-state index is 0.276. The van der Waals surface area contributed by atoms with Gasteiger partial charge >= 0.3 is 0 Å². The summed E-state index contributed by atoms with van der Waals surface area (Å²) in [5, 5.41) is 4.21. The number of aryl methyl sites for hydroxylation is 1. The first-order chi connectivity index (χ1) is 10.1. The average Bonchev–Trinajstić information content (AvgIpc) is 2.48. The molecule has 0 amide bonds. The maximum atomic E-state index is 6.41. The van der Waals surface area contributed by atoms with E-state index in [0.717, 1.165) is 35.7 Å². The van der Waals surface area contributed by atoms with Crippen LogP contribution in [-0.4, -0.2) is 11.5 Å². The largest absolute Gasteiger partial charge is 0.310 e. The predicted octanol–water partition coefficient (Wildman–Crippen LogP) is 4.56. The number of hydrogen-bond acceptors (Lipinski definition) is 2. The lowest BCUT2D eigenvalue weighted by Crippen LogP contribution is -2.18. The highest BCUT2D eigenvalue weighted by Gasteiger charge is 2.09. The molecule has 2 aromatic rings. The first kappa shape index (κ1) is 16.0. The highest BCUT2D eigenvalue weighted by Crippen LogP contribution is 2.25. The van der Waals surface area contributed by atoms with Crippen LogP contribution < -0.4 is 5.32 Å². The van der Waals surface area contributed by atoms with Crippen LogP contribution in [0.15, 0.2) is 36.5 Å². The van der Waals surface area contributed by atoms with Gasteiger partial charge in [0.05, 0.1) is 0 Å². The van der Waals surface area contributed by atoms with E-state index in [1.807, 2.05) is 6.20 Å². The van der Waals surface area contributed by atoms with Gasteiger partial charge in [0.25, 0.3) is 0 Å². The molecule has 1 N–H and O–H groups in total. The van der Waals surface area contributed by atoms with Crippen LogP contribution in [0.5, 0.6) is 0 Å². The summed E-state index contributed by atoms with van der Waals surface area (Å²) >= 11 is 6.41. The molecule has 2 rings (SSSR count). The van der Waals surface area contributed by atoms with E-state index in [2.05, 4.69) is 61.4 Å². The SMILES string of the molecule is CCNC(C)c1ccc(Cc2ccc(CC)cn2)cc1Cl. The Morgan fingerprint density at radius 2 is 1.90 bits per heavy atom. The number of aromatic nitrogens is 1. The zero-order chi connectivity index (χ0) is 15.2. The first-order valence-corrected chi connectivity index (χ1v) is 7.97. The third-order valence-electron chi connectivity index (χ3n) is 3.72. The van der Waals surface area contributed by atoms with Gasteiger partial charge in [-0.1, -0.05) is 43.6 Å². The van der Waals surface area contributed by atoms with Crippen LogP contribution >= 0.6 is 11.6 Å². The Bertz CT molecular complexity index is 578. The lowest BCUT2D eigenvalue weighted by Gasteiger charge is -2.15. The second-order valence-corrected chi connectivity index (χ2v) is 5.73. The molecule has 0 aliphatic heterocycles. The molecule has 1 aromatic heterocycles. The van der Waals surface area contributed by atoms with Crippen molar-refractivity contribution >= 4 is 11.6 Å². The van der Waals surface area contributed by atoms with Crippen molar-refractivity contribution in [2.45, 2.75) is 39.7 Å². The van der Waals surface area contributed by atoms with Crippen LogP contribution in [0.4, 0.5) is 0 Å². The van der Waals surface area contributed by atoms with E-state index in [1.54, 1.807) is 0 Å². The van der Waals surface area contributed by atoms with E-state index < -0.39 is 0 Å². The Labute approximate surface area is 132 Å². The Balaban J connectivity index is 2.12. The van der Waals surface area contributed by atoms with Gasteiger partial charge < -0.3 is 5.32 Å². The molecule has 1 unspecified atom stereocenters. The molecule has 0 saturated heterocycles. The summed E-state index contributed by atoms with van der Waals surface area (Å²) in [4.78, 5) is 4.51. The summed E-state index contributed by atoms with van der Waals surface area (Å²) in [5.74, 6) is 0. The summed E-state index contributed by atoms with van der Waals surface area (Å²) < 4.78 is 0. The van der Waals surface area contributed by atoms with Crippen molar-refractivity contribution in [1.82, 2.24) is 10.3 Å². The summed E-state index contributed by atoms with van der Waals surface area (Å²) in [5.41, 5.74) is 4.70. The normalized spacial score (nSPS) is 12.4. The second kappa shape index (κ2) is 7.58. The minimum absolute atomic E-state index is 0.276. The van der Waals surface area contributed by atoms with E-state index in [-0.39, 0.29) is 6.04 Å². The topological polar surface area (TPSA) is 24.9 Å². The fourth-order valence-corrected chi connectivity index (χ4v) is 2.79. The molecule has 0 aliphatic carbocycles. The standard InChI is InChI=1S/C18H23ClN2/c1-4-14-6-8-16(21-12-14)10-15-7-9-17(18(19)11-15)13(3)20-5-2/h6-9,11-13,20H,4-5,10H2,1-3H3. The van der Waals surface area contributed by atoms with E-state index in [9.17, 15) is 0 Å². The fraction of sp³-hybridized carbons (Fsp3) is 0.389. The van der Waals surface area contributed by atoms with Gasteiger partial charge in [0.15, 0.2) is 0 Å². The van der Waals surface area contributed by atoms with Crippen LogP contribution in [-0.2, 0) is 12.8 Å². The number of nitrogens with zero attached hydrogens (tertiary/aromatic N) is 1. The lowest BCUT2D eigenvalue weighted by molar-refractivity contribution is 0.598. The Morgan fingerprint density at radius 3 is 2.48 bits per heavy atom. The molecule has 1 aromatic carbocycles. The molecule has 21 heavy (non-hydrogen) atoms. The molecule has 3 heteroatoms. The van der Waals surface area contributed by atoms with Crippen LogP contribution in [0.1, 0.15) is 49.2 Å². The number of pyridine rings is 1. The molecule has 0 aliphatic rings. The van der Waals surface area contributed by atoms with Gasteiger partial charge in [-0.05, 0) is 48.7 Å². The molecule has 2 nitrogen and oxygen atoms in total. The number of benzene rings is 1. The Kier molecular flexibility index (Phi) is 5.77. The van der Waals surface area contributed by atoms with Crippen molar-refractivity contribution in [3.8, 4) is 0 Å². The summed E-state index contributed by atoms with van der Waals surface area (Å²) in [6, 6.07) is 10.8. The van der Waals surface area contributed by atoms with Crippen LogP contribution in [0, 0.1) is 0 Å². The third-order valence-corrected chi connectivity index (χ3v) is 4.05. The molecule has 0 saturated carbocycles. The number of nitrogens with one attached hydrogen (secondary N) is 1. The van der Waals surface area contributed by atoms with Crippen molar-refractivity contribution in [1.29, 1.82) is 0 Å². The molecule has 0 radical (unpaired) electrons. The summed E-state index contributed by atoms with van der Waals surface area (Å²) in [7, 11) is 0. The molecule has 0 spiro atoms. The van der Waals surface area contributed by atoms with E-state index in [4.69, 9.17) is 11.6 Å². The van der Waals surface area contributed by atoms with Gasteiger partial charge in [0, 0.05) is 29.4 Å². The maximum absolute atomic E-state index is 6.41. The first-order valence-electron chi connectivity index (χ1n) is 7.59. The fourth-order valence-electron chi connectivity index (χ4n) is 2.43. The van der Waals surface area contributed by atoms with Gasteiger partial charge in [0.2, 0.25) is 0 Å². The molecular weight excluding hydrogens is 280 g/mol. The molecular formula is C18H23ClN2. The highest BCUT2D eigenvalue weighted by molar-refractivity contribution is 6.31. The molecule has 0 fully saturated rings. The van der Waals surface area contributed by atoms with Gasteiger partial charge in [0.1, 0.15) is 0 Å². The monoisotopic (exact) mass is 302 g/mol.